The molecule has 5 heteroatoms. The normalized spacial score (nSPS) is 13.7. The van der Waals surface area contributed by atoms with Crippen LogP contribution in [-0.4, -0.2) is 25.9 Å². The zero-order chi connectivity index (χ0) is 11.4. The van der Waals surface area contributed by atoms with Gasteiger partial charge in [0.1, 0.15) is 0 Å². The third-order valence-electron chi connectivity index (χ3n) is 1.29. The maximum Gasteiger partial charge on any atom is 0.362 e. The Morgan fingerprint density at radius 2 is 1.21 bits per heavy atom. The summed E-state index contributed by atoms with van der Waals surface area (Å²) in [5, 5.41) is 0. The molecule has 0 atom stereocenters. The van der Waals surface area contributed by atoms with Crippen LogP contribution in [0.15, 0.2) is 0 Å². The van der Waals surface area contributed by atoms with Gasteiger partial charge in [-0.05, 0) is 45.3 Å². The van der Waals surface area contributed by atoms with Crippen LogP contribution in [0.2, 0.25) is 45.3 Å². The topological polar surface area (TPSA) is 18.5 Å². The average Bonchev–Trinajstić information content (AvgIpc) is 1.78. The van der Waals surface area contributed by atoms with Gasteiger partial charge in [-0.2, -0.15) is 0 Å². The van der Waals surface area contributed by atoms with Gasteiger partial charge < -0.3 is 8.23 Å². The first-order valence-corrected chi connectivity index (χ1v) is 13.7. The van der Waals surface area contributed by atoms with E-state index in [4.69, 9.17) is 8.23 Å². The van der Waals surface area contributed by atoms with Crippen molar-refractivity contribution in [3.8, 4) is 0 Å². The van der Waals surface area contributed by atoms with Crippen molar-refractivity contribution in [3.05, 3.63) is 0 Å². The van der Waals surface area contributed by atoms with Crippen LogP contribution in [0.4, 0.5) is 0 Å². The zero-order valence-corrected chi connectivity index (χ0v) is 13.7. The molecular weight excluding hydrogens is 224 g/mol. The molecular formula is C9H25O2Si3. The predicted octanol–water partition coefficient (Wildman–Crippen LogP) is 3.59. The maximum absolute atomic E-state index is 6.11. The first kappa shape index (κ1) is 14.6. The van der Waals surface area contributed by atoms with E-state index in [1.54, 1.807) is 0 Å². The van der Waals surface area contributed by atoms with E-state index in [1.165, 1.54) is 6.42 Å². The van der Waals surface area contributed by atoms with E-state index < -0.39 is 25.9 Å². The van der Waals surface area contributed by atoms with Crippen LogP contribution < -0.4 is 0 Å². The molecule has 0 aliphatic carbocycles. The Morgan fingerprint density at radius 1 is 0.857 bits per heavy atom. The summed E-state index contributed by atoms with van der Waals surface area (Å²) in [6.07, 6.45) is 1.17. The SMILES string of the molecule is CCC[Si](O[Si](C)(C)C)O[Si](C)(C)C. The minimum atomic E-state index is -1.41. The van der Waals surface area contributed by atoms with Gasteiger partial charge in [-0.25, -0.2) is 0 Å². The molecule has 0 saturated carbocycles. The Bertz CT molecular complexity index is 144. The Kier molecular flexibility index (Phi) is 5.83. The summed E-state index contributed by atoms with van der Waals surface area (Å²) in [4.78, 5) is 0. The first-order valence-electron chi connectivity index (χ1n) is 5.38. The summed E-state index contributed by atoms with van der Waals surface area (Å²) in [6.45, 7) is 15.6. The first-order chi connectivity index (χ1) is 6.14. The van der Waals surface area contributed by atoms with E-state index in [-0.39, 0.29) is 0 Å². The second-order valence-electron chi connectivity index (χ2n) is 5.55. The highest BCUT2D eigenvalue weighted by molar-refractivity contribution is 6.81. The summed E-state index contributed by atoms with van der Waals surface area (Å²) in [7, 11) is -3.82. The van der Waals surface area contributed by atoms with Gasteiger partial charge in [0.2, 0.25) is 0 Å². The van der Waals surface area contributed by atoms with Gasteiger partial charge in [0.15, 0.2) is 16.6 Å². The highest BCUT2D eigenvalue weighted by Gasteiger charge is 2.29. The fourth-order valence-electron chi connectivity index (χ4n) is 1.01. The summed E-state index contributed by atoms with van der Waals surface area (Å²) in [6, 6.07) is 1.12. The molecule has 2 nitrogen and oxygen atoms in total. The highest BCUT2D eigenvalue weighted by Crippen LogP contribution is 2.15. The number of hydrogen-bond donors (Lipinski definition) is 0. The molecule has 0 saturated heterocycles. The summed E-state index contributed by atoms with van der Waals surface area (Å²) in [5.41, 5.74) is 0. The molecule has 0 heterocycles. The van der Waals surface area contributed by atoms with E-state index in [0.717, 1.165) is 6.04 Å². The minimum Gasteiger partial charge on any atom is -0.436 e. The van der Waals surface area contributed by atoms with Crippen LogP contribution in [0.3, 0.4) is 0 Å². The molecule has 0 aromatic carbocycles. The molecule has 0 N–H and O–H groups in total. The monoisotopic (exact) mass is 249 g/mol. The fraction of sp³-hybridized carbons (Fsp3) is 1.00. The lowest BCUT2D eigenvalue weighted by Gasteiger charge is -2.29. The van der Waals surface area contributed by atoms with Crippen LogP contribution >= 0.6 is 0 Å². The van der Waals surface area contributed by atoms with Gasteiger partial charge in [-0.1, -0.05) is 13.3 Å². The molecule has 0 amide bonds. The lowest BCUT2D eigenvalue weighted by Crippen LogP contribution is -2.43. The van der Waals surface area contributed by atoms with Crippen LogP contribution in [0, 0.1) is 0 Å². The Balaban J connectivity index is 4.16. The minimum absolute atomic E-state index is 0.987. The Labute approximate surface area is 93.1 Å². The predicted molar refractivity (Wildman–Crippen MR) is 69.7 cm³/mol. The lowest BCUT2D eigenvalue weighted by molar-refractivity contribution is 0.416. The van der Waals surface area contributed by atoms with E-state index in [2.05, 4.69) is 46.2 Å². The molecule has 0 aliphatic rings. The number of rotatable bonds is 6. The van der Waals surface area contributed by atoms with Crippen molar-refractivity contribution in [1.29, 1.82) is 0 Å². The molecule has 85 valence electrons. The molecule has 0 bridgehead atoms. The smallest absolute Gasteiger partial charge is 0.362 e. The standard InChI is InChI=1S/C9H25O2Si3/c1-8-9-12(10-13(2,3)4)11-14(5,6)7/h8-9H2,1-7H3. The average molecular weight is 250 g/mol. The van der Waals surface area contributed by atoms with Gasteiger partial charge in [0.25, 0.3) is 0 Å². The molecule has 0 aromatic heterocycles. The summed E-state index contributed by atoms with van der Waals surface area (Å²) < 4.78 is 12.2. The molecule has 0 aliphatic heterocycles. The maximum atomic E-state index is 6.11. The zero-order valence-electron chi connectivity index (χ0n) is 10.7. The van der Waals surface area contributed by atoms with Crippen LogP contribution in [0.1, 0.15) is 13.3 Å². The summed E-state index contributed by atoms with van der Waals surface area (Å²) in [5.74, 6) is 0. The number of hydrogen-bond acceptors (Lipinski definition) is 2. The van der Waals surface area contributed by atoms with Crippen molar-refractivity contribution < 1.29 is 8.23 Å². The molecule has 0 spiro atoms. The van der Waals surface area contributed by atoms with Gasteiger partial charge in [-0.15, -0.1) is 0 Å². The highest BCUT2D eigenvalue weighted by atomic mass is 28.4. The largest absolute Gasteiger partial charge is 0.436 e. The van der Waals surface area contributed by atoms with Gasteiger partial charge >= 0.3 is 9.28 Å². The van der Waals surface area contributed by atoms with Crippen molar-refractivity contribution in [3.63, 3.8) is 0 Å². The van der Waals surface area contributed by atoms with Crippen LogP contribution in [-0.2, 0) is 8.23 Å². The fourth-order valence-corrected chi connectivity index (χ4v) is 8.24. The quantitative estimate of drug-likeness (QED) is 0.670. The van der Waals surface area contributed by atoms with Crippen molar-refractivity contribution in [2.24, 2.45) is 0 Å². The van der Waals surface area contributed by atoms with Crippen molar-refractivity contribution in [2.45, 2.75) is 58.7 Å². The van der Waals surface area contributed by atoms with E-state index in [0.29, 0.717) is 0 Å². The Hall–Kier alpha value is 0.571. The third kappa shape index (κ3) is 9.14. The molecule has 0 unspecified atom stereocenters. The van der Waals surface area contributed by atoms with Crippen molar-refractivity contribution in [1.82, 2.24) is 0 Å². The lowest BCUT2D eigenvalue weighted by atomic mass is 10.6. The van der Waals surface area contributed by atoms with E-state index >= 15 is 0 Å². The van der Waals surface area contributed by atoms with E-state index in [9.17, 15) is 0 Å². The summed E-state index contributed by atoms with van der Waals surface area (Å²) >= 11 is 0. The third-order valence-corrected chi connectivity index (χ3v) is 8.92. The van der Waals surface area contributed by atoms with E-state index in [1.807, 2.05) is 0 Å². The van der Waals surface area contributed by atoms with Crippen molar-refractivity contribution >= 4 is 25.9 Å². The van der Waals surface area contributed by atoms with Crippen molar-refractivity contribution in [2.75, 3.05) is 0 Å². The van der Waals surface area contributed by atoms with Gasteiger partial charge in [-0.3, -0.25) is 0 Å². The van der Waals surface area contributed by atoms with Crippen LogP contribution in [0.25, 0.3) is 0 Å². The van der Waals surface area contributed by atoms with Gasteiger partial charge in [0, 0.05) is 0 Å². The Morgan fingerprint density at radius 3 is 1.43 bits per heavy atom. The molecule has 0 rings (SSSR count). The van der Waals surface area contributed by atoms with Gasteiger partial charge in [0.05, 0.1) is 0 Å². The second-order valence-corrected chi connectivity index (χ2v) is 16.9. The molecule has 1 radical (unpaired) electrons. The molecule has 14 heavy (non-hydrogen) atoms. The second kappa shape index (κ2) is 5.60. The molecule has 0 fully saturated rings. The van der Waals surface area contributed by atoms with Crippen LogP contribution in [0.5, 0.6) is 0 Å². The molecule has 0 aromatic rings.